The van der Waals surface area contributed by atoms with Crippen LogP contribution in [0.2, 0.25) is 0 Å². The number of hydrogen-bond donors (Lipinski definition) is 1. The third-order valence-corrected chi connectivity index (χ3v) is 5.21. The summed E-state index contributed by atoms with van der Waals surface area (Å²) in [5, 5.41) is 2.60. The van der Waals surface area contributed by atoms with Crippen molar-refractivity contribution in [1.82, 2.24) is 15.1 Å². The highest BCUT2D eigenvalue weighted by molar-refractivity contribution is 6.00. The zero-order valence-corrected chi connectivity index (χ0v) is 16.8. The summed E-state index contributed by atoms with van der Waals surface area (Å²) in [6.45, 7) is 3.54. The van der Waals surface area contributed by atoms with Gasteiger partial charge < -0.3 is 24.8 Å². The SMILES string of the molecule is CCOC(=O)N1CCN(C(=O)CNC(=O)[C@H]2CC(=O)N(c3ccc(F)cc3)C2)CC1. The lowest BCUT2D eigenvalue weighted by atomic mass is 10.1. The Bertz CT molecular complexity index is 808. The van der Waals surface area contributed by atoms with E-state index < -0.39 is 17.8 Å². The van der Waals surface area contributed by atoms with Crippen molar-refractivity contribution < 1.29 is 28.3 Å². The number of carbonyl (C=O) groups excluding carboxylic acids is 4. The lowest BCUT2D eigenvalue weighted by Crippen LogP contribution is -2.53. The molecule has 162 valence electrons. The van der Waals surface area contributed by atoms with Gasteiger partial charge in [0, 0.05) is 44.8 Å². The molecular formula is C20H25FN4O5. The number of benzene rings is 1. The molecule has 2 heterocycles. The number of piperazine rings is 1. The molecule has 0 aliphatic carbocycles. The molecule has 0 saturated carbocycles. The van der Waals surface area contributed by atoms with Crippen molar-refractivity contribution in [2.45, 2.75) is 13.3 Å². The van der Waals surface area contributed by atoms with Crippen LogP contribution in [-0.2, 0) is 19.1 Å². The van der Waals surface area contributed by atoms with Gasteiger partial charge in [-0.1, -0.05) is 0 Å². The van der Waals surface area contributed by atoms with Gasteiger partial charge in [0.1, 0.15) is 5.82 Å². The number of carbonyl (C=O) groups is 4. The standard InChI is InChI=1S/C20H25FN4O5/c1-2-30-20(29)24-9-7-23(8-10-24)18(27)12-22-19(28)14-11-17(26)25(13-14)16-5-3-15(21)4-6-16/h3-6,14H,2,7-13H2,1H3,(H,22,28)/t14-/m0/s1. The highest BCUT2D eigenvalue weighted by Crippen LogP contribution is 2.25. The molecule has 1 atom stereocenters. The molecule has 2 saturated heterocycles. The van der Waals surface area contributed by atoms with Crippen LogP contribution < -0.4 is 10.2 Å². The largest absolute Gasteiger partial charge is 0.450 e. The Labute approximate surface area is 173 Å². The minimum Gasteiger partial charge on any atom is -0.450 e. The van der Waals surface area contributed by atoms with Gasteiger partial charge in [0.2, 0.25) is 17.7 Å². The van der Waals surface area contributed by atoms with Crippen LogP contribution in [0.3, 0.4) is 0 Å². The Morgan fingerprint density at radius 3 is 2.37 bits per heavy atom. The fourth-order valence-corrected chi connectivity index (χ4v) is 3.53. The summed E-state index contributed by atoms with van der Waals surface area (Å²) in [6.07, 6.45) is -0.357. The molecule has 0 radical (unpaired) electrons. The van der Waals surface area contributed by atoms with Crippen LogP contribution in [0.25, 0.3) is 0 Å². The minimum atomic E-state index is -0.573. The van der Waals surface area contributed by atoms with Crippen LogP contribution in [0.1, 0.15) is 13.3 Å². The van der Waals surface area contributed by atoms with Crippen LogP contribution in [-0.4, -0.2) is 79.5 Å². The van der Waals surface area contributed by atoms with E-state index in [1.54, 1.807) is 16.7 Å². The Hall–Kier alpha value is -3.17. The lowest BCUT2D eigenvalue weighted by Gasteiger charge is -2.34. The normalized spacial score (nSPS) is 19.1. The summed E-state index contributed by atoms with van der Waals surface area (Å²) in [6, 6.07) is 5.51. The van der Waals surface area contributed by atoms with Gasteiger partial charge in [-0.15, -0.1) is 0 Å². The van der Waals surface area contributed by atoms with Crippen molar-refractivity contribution in [2.24, 2.45) is 5.92 Å². The zero-order valence-electron chi connectivity index (χ0n) is 16.8. The summed E-state index contributed by atoms with van der Waals surface area (Å²) in [7, 11) is 0. The first-order valence-electron chi connectivity index (χ1n) is 9.92. The highest BCUT2D eigenvalue weighted by Gasteiger charge is 2.35. The van der Waals surface area contributed by atoms with Crippen LogP contribution in [0.4, 0.5) is 14.9 Å². The predicted octanol–water partition coefficient (Wildman–Crippen LogP) is 0.596. The molecule has 3 rings (SSSR count). The number of halogens is 1. The van der Waals surface area contributed by atoms with Crippen molar-refractivity contribution >= 4 is 29.5 Å². The van der Waals surface area contributed by atoms with Gasteiger partial charge in [-0.2, -0.15) is 0 Å². The molecule has 0 unspecified atom stereocenters. The molecule has 1 aromatic rings. The number of ether oxygens (including phenoxy) is 1. The molecule has 2 fully saturated rings. The number of nitrogens with zero attached hydrogens (tertiary/aromatic N) is 3. The number of anilines is 1. The Balaban J connectivity index is 1.44. The van der Waals surface area contributed by atoms with Gasteiger partial charge in [-0.25, -0.2) is 9.18 Å². The minimum absolute atomic E-state index is 0.0373. The second-order valence-corrected chi connectivity index (χ2v) is 7.17. The number of amides is 4. The second-order valence-electron chi connectivity index (χ2n) is 7.17. The Kier molecular flexibility index (Phi) is 6.86. The first-order valence-corrected chi connectivity index (χ1v) is 9.92. The fraction of sp³-hybridized carbons (Fsp3) is 0.500. The number of rotatable bonds is 5. The van der Waals surface area contributed by atoms with Crippen LogP contribution in [0, 0.1) is 11.7 Å². The molecule has 2 aliphatic heterocycles. The third-order valence-electron chi connectivity index (χ3n) is 5.21. The lowest BCUT2D eigenvalue weighted by molar-refractivity contribution is -0.135. The quantitative estimate of drug-likeness (QED) is 0.752. The number of hydrogen-bond acceptors (Lipinski definition) is 5. The molecule has 2 aliphatic rings. The van der Waals surface area contributed by atoms with Crippen LogP contribution in [0.5, 0.6) is 0 Å². The molecule has 30 heavy (non-hydrogen) atoms. The van der Waals surface area contributed by atoms with Gasteiger partial charge in [0.05, 0.1) is 19.1 Å². The van der Waals surface area contributed by atoms with E-state index >= 15 is 0 Å². The van der Waals surface area contributed by atoms with Gasteiger partial charge in [0.25, 0.3) is 0 Å². The smallest absolute Gasteiger partial charge is 0.409 e. The maximum absolute atomic E-state index is 13.1. The molecule has 0 spiro atoms. The van der Waals surface area contributed by atoms with E-state index in [9.17, 15) is 23.6 Å². The maximum atomic E-state index is 13.1. The van der Waals surface area contributed by atoms with Crippen molar-refractivity contribution in [1.29, 1.82) is 0 Å². The molecule has 1 N–H and O–H groups in total. The summed E-state index contributed by atoms with van der Waals surface area (Å²) in [5.41, 5.74) is 0.534. The van der Waals surface area contributed by atoms with Crippen molar-refractivity contribution in [2.75, 3.05) is 50.8 Å². The molecule has 10 heteroatoms. The van der Waals surface area contributed by atoms with Crippen LogP contribution in [0.15, 0.2) is 24.3 Å². The van der Waals surface area contributed by atoms with E-state index in [1.807, 2.05) is 0 Å². The average Bonchev–Trinajstić information content (AvgIpc) is 3.14. The first kappa shape index (κ1) is 21.5. The van der Waals surface area contributed by atoms with Gasteiger partial charge in [0.15, 0.2) is 0 Å². The van der Waals surface area contributed by atoms with E-state index in [4.69, 9.17) is 4.74 Å². The van der Waals surface area contributed by atoms with E-state index in [1.165, 1.54) is 29.2 Å². The highest BCUT2D eigenvalue weighted by atomic mass is 19.1. The van der Waals surface area contributed by atoms with Gasteiger partial charge >= 0.3 is 6.09 Å². The molecule has 0 bridgehead atoms. The molecule has 0 aromatic heterocycles. The van der Waals surface area contributed by atoms with Gasteiger partial charge in [-0.05, 0) is 31.2 Å². The first-order chi connectivity index (χ1) is 14.4. The Morgan fingerprint density at radius 2 is 1.73 bits per heavy atom. The van der Waals surface area contributed by atoms with Crippen molar-refractivity contribution in [3.63, 3.8) is 0 Å². The van der Waals surface area contributed by atoms with E-state index in [-0.39, 0.29) is 37.2 Å². The predicted molar refractivity (Wildman–Crippen MR) is 105 cm³/mol. The average molecular weight is 420 g/mol. The second kappa shape index (κ2) is 9.55. The monoisotopic (exact) mass is 420 g/mol. The molecule has 9 nitrogen and oxygen atoms in total. The van der Waals surface area contributed by atoms with Crippen molar-refractivity contribution in [3.05, 3.63) is 30.1 Å². The van der Waals surface area contributed by atoms with Crippen LogP contribution >= 0.6 is 0 Å². The van der Waals surface area contributed by atoms with E-state index in [0.717, 1.165) is 0 Å². The van der Waals surface area contributed by atoms with Gasteiger partial charge in [-0.3, -0.25) is 14.4 Å². The summed E-state index contributed by atoms with van der Waals surface area (Å²) >= 11 is 0. The molecule has 1 aromatic carbocycles. The topological polar surface area (TPSA) is 99.3 Å². The molecular weight excluding hydrogens is 395 g/mol. The summed E-state index contributed by atoms with van der Waals surface area (Å²) < 4.78 is 18.0. The zero-order chi connectivity index (χ0) is 21.7. The summed E-state index contributed by atoms with van der Waals surface area (Å²) in [5.74, 6) is -1.81. The Morgan fingerprint density at radius 1 is 1.10 bits per heavy atom. The molecule has 4 amide bonds. The van der Waals surface area contributed by atoms with Crippen molar-refractivity contribution in [3.8, 4) is 0 Å². The fourth-order valence-electron chi connectivity index (χ4n) is 3.53. The third kappa shape index (κ3) is 5.05. The van der Waals surface area contributed by atoms with E-state index in [0.29, 0.717) is 38.5 Å². The number of nitrogens with one attached hydrogen (secondary N) is 1. The van der Waals surface area contributed by atoms with E-state index in [2.05, 4.69) is 5.32 Å². The maximum Gasteiger partial charge on any atom is 0.409 e. The summed E-state index contributed by atoms with van der Waals surface area (Å²) in [4.78, 5) is 53.3.